The summed E-state index contributed by atoms with van der Waals surface area (Å²) >= 11 is 0. The van der Waals surface area contributed by atoms with Crippen LogP contribution in [0.3, 0.4) is 0 Å². The summed E-state index contributed by atoms with van der Waals surface area (Å²) in [6.45, 7) is 0.864. The van der Waals surface area contributed by atoms with Crippen molar-refractivity contribution in [2.45, 2.75) is 0 Å². The highest BCUT2D eigenvalue weighted by molar-refractivity contribution is 5.93. The zero-order valence-corrected chi connectivity index (χ0v) is 6.29. The molecule has 5 heteroatoms. The fourth-order valence-corrected chi connectivity index (χ4v) is 0.867. The van der Waals surface area contributed by atoms with Gasteiger partial charge >= 0.3 is 6.09 Å². The highest BCUT2D eigenvalue weighted by atomic mass is 16.6. The molecule has 0 aromatic rings. The minimum atomic E-state index is -0.537. The van der Waals surface area contributed by atoms with Crippen LogP contribution in [0.4, 0.5) is 4.79 Å². The van der Waals surface area contributed by atoms with Crippen molar-refractivity contribution in [3.8, 4) is 0 Å². The van der Waals surface area contributed by atoms with Crippen LogP contribution in [0.2, 0.25) is 0 Å². The largest absolute Gasteiger partial charge is 0.447 e. The number of imide groups is 1. The van der Waals surface area contributed by atoms with Gasteiger partial charge in [-0.1, -0.05) is 0 Å². The van der Waals surface area contributed by atoms with Crippen molar-refractivity contribution >= 4 is 12.0 Å². The van der Waals surface area contributed by atoms with Crippen LogP contribution in [-0.4, -0.2) is 43.6 Å². The van der Waals surface area contributed by atoms with Gasteiger partial charge in [0.25, 0.3) is 0 Å². The second-order valence-corrected chi connectivity index (χ2v) is 2.19. The summed E-state index contributed by atoms with van der Waals surface area (Å²) in [5.74, 6) is -0.241. The standard InChI is InChI=1S/C6H10N2O3/c1-7-4-5(9)8-2-3-11-6(8)10/h7H,2-4H2,1H3. The molecule has 0 saturated carbocycles. The van der Waals surface area contributed by atoms with E-state index in [1.54, 1.807) is 7.05 Å². The second kappa shape index (κ2) is 3.34. The van der Waals surface area contributed by atoms with E-state index in [-0.39, 0.29) is 12.5 Å². The lowest BCUT2D eigenvalue weighted by Gasteiger charge is -2.08. The monoisotopic (exact) mass is 158 g/mol. The van der Waals surface area contributed by atoms with Crippen LogP contribution >= 0.6 is 0 Å². The molecule has 0 aromatic heterocycles. The summed E-state index contributed by atoms with van der Waals surface area (Å²) < 4.78 is 4.57. The number of ether oxygens (including phenoxy) is 1. The molecule has 2 amide bonds. The van der Waals surface area contributed by atoms with Crippen molar-refractivity contribution < 1.29 is 14.3 Å². The van der Waals surface area contributed by atoms with E-state index in [0.717, 1.165) is 4.90 Å². The third-order valence-electron chi connectivity index (χ3n) is 1.39. The van der Waals surface area contributed by atoms with Gasteiger partial charge in [0.2, 0.25) is 5.91 Å². The maximum absolute atomic E-state index is 11.0. The molecule has 0 atom stereocenters. The number of nitrogens with zero attached hydrogens (tertiary/aromatic N) is 1. The van der Waals surface area contributed by atoms with Gasteiger partial charge in [0.1, 0.15) is 6.61 Å². The van der Waals surface area contributed by atoms with E-state index in [1.807, 2.05) is 0 Å². The molecule has 1 fully saturated rings. The average molecular weight is 158 g/mol. The van der Waals surface area contributed by atoms with Crippen LogP contribution < -0.4 is 5.32 Å². The van der Waals surface area contributed by atoms with Gasteiger partial charge < -0.3 is 10.1 Å². The second-order valence-electron chi connectivity index (χ2n) is 2.19. The van der Waals surface area contributed by atoms with Gasteiger partial charge in [-0.05, 0) is 7.05 Å². The summed E-state index contributed by atoms with van der Waals surface area (Å²) in [7, 11) is 1.65. The number of carbonyl (C=O) groups excluding carboxylic acids is 2. The van der Waals surface area contributed by atoms with Crippen LogP contribution in [-0.2, 0) is 9.53 Å². The first-order chi connectivity index (χ1) is 5.25. The third-order valence-corrected chi connectivity index (χ3v) is 1.39. The minimum Gasteiger partial charge on any atom is -0.447 e. The van der Waals surface area contributed by atoms with Gasteiger partial charge in [-0.3, -0.25) is 4.79 Å². The lowest BCUT2D eigenvalue weighted by molar-refractivity contribution is -0.126. The van der Waals surface area contributed by atoms with E-state index in [2.05, 4.69) is 10.1 Å². The Morgan fingerprint density at radius 3 is 3.00 bits per heavy atom. The molecule has 5 nitrogen and oxygen atoms in total. The highest BCUT2D eigenvalue weighted by Crippen LogP contribution is 2.02. The van der Waals surface area contributed by atoms with Gasteiger partial charge in [0.15, 0.2) is 0 Å². The third kappa shape index (κ3) is 1.68. The number of cyclic esters (lactones) is 1. The van der Waals surface area contributed by atoms with E-state index in [1.165, 1.54) is 0 Å². The molecular formula is C6H10N2O3. The normalized spacial score (nSPS) is 16.8. The molecule has 0 radical (unpaired) electrons. The summed E-state index contributed by atoms with van der Waals surface area (Å²) in [6, 6.07) is 0. The Labute approximate surface area is 64.3 Å². The van der Waals surface area contributed by atoms with Gasteiger partial charge in [-0.15, -0.1) is 0 Å². The molecule has 11 heavy (non-hydrogen) atoms. The minimum absolute atomic E-state index is 0.176. The summed E-state index contributed by atoms with van der Waals surface area (Å²) in [6.07, 6.45) is -0.537. The van der Waals surface area contributed by atoms with E-state index in [4.69, 9.17) is 0 Å². The quantitative estimate of drug-likeness (QED) is 0.570. The van der Waals surface area contributed by atoms with Crippen LogP contribution in [0.5, 0.6) is 0 Å². The molecule has 0 bridgehead atoms. The van der Waals surface area contributed by atoms with Crippen molar-refractivity contribution in [1.82, 2.24) is 10.2 Å². The van der Waals surface area contributed by atoms with Gasteiger partial charge in [-0.2, -0.15) is 0 Å². The molecule has 0 spiro atoms. The van der Waals surface area contributed by atoms with Crippen molar-refractivity contribution in [3.63, 3.8) is 0 Å². The number of hydrogen-bond donors (Lipinski definition) is 1. The maximum Gasteiger partial charge on any atom is 0.416 e. The average Bonchev–Trinajstić information content (AvgIpc) is 2.36. The topological polar surface area (TPSA) is 58.6 Å². The van der Waals surface area contributed by atoms with Crippen LogP contribution in [0.1, 0.15) is 0 Å². The first kappa shape index (κ1) is 8.00. The predicted octanol–water partition coefficient (Wildman–Crippen LogP) is -0.815. The SMILES string of the molecule is CNCC(=O)N1CCOC1=O. The Bertz CT molecular complexity index is 181. The molecule has 1 rings (SSSR count). The number of likely N-dealkylation sites (N-methyl/N-ethyl adjacent to an activating group) is 1. The Morgan fingerprint density at radius 1 is 1.82 bits per heavy atom. The number of nitrogens with one attached hydrogen (secondary N) is 1. The molecule has 1 aliphatic rings. The molecular weight excluding hydrogens is 148 g/mol. The first-order valence-electron chi connectivity index (χ1n) is 3.37. The zero-order chi connectivity index (χ0) is 8.27. The molecule has 1 N–H and O–H groups in total. The smallest absolute Gasteiger partial charge is 0.416 e. The van der Waals surface area contributed by atoms with Crippen molar-refractivity contribution in [2.24, 2.45) is 0 Å². The van der Waals surface area contributed by atoms with Gasteiger partial charge in [-0.25, -0.2) is 9.69 Å². The molecule has 1 aliphatic heterocycles. The van der Waals surface area contributed by atoms with E-state index >= 15 is 0 Å². The fourth-order valence-electron chi connectivity index (χ4n) is 0.867. The van der Waals surface area contributed by atoms with Crippen LogP contribution in [0, 0.1) is 0 Å². The van der Waals surface area contributed by atoms with Crippen LogP contribution in [0.15, 0.2) is 0 Å². The summed E-state index contributed by atoms with van der Waals surface area (Å²) in [4.78, 5) is 22.9. The predicted molar refractivity (Wildman–Crippen MR) is 37.0 cm³/mol. The van der Waals surface area contributed by atoms with E-state index in [0.29, 0.717) is 13.2 Å². The summed E-state index contributed by atoms with van der Waals surface area (Å²) in [5, 5.41) is 2.67. The van der Waals surface area contributed by atoms with Crippen molar-refractivity contribution in [1.29, 1.82) is 0 Å². The number of carbonyl (C=O) groups is 2. The molecule has 1 heterocycles. The van der Waals surface area contributed by atoms with Gasteiger partial charge in [0, 0.05) is 0 Å². The molecule has 1 saturated heterocycles. The zero-order valence-electron chi connectivity index (χ0n) is 6.29. The Kier molecular flexibility index (Phi) is 2.43. The number of hydrogen-bond acceptors (Lipinski definition) is 4. The Morgan fingerprint density at radius 2 is 2.55 bits per heavy atom. The lowest BCUT2D eigenvalue weighted by atomic mass is 10.5. The number of amides is 2. The first-order valence-corrected chi connectivity index (χ1v) is 3.37. The van der Waals surface area contributed by atoms with E-state index < -0.39 is 6.09 Å². The lowest BCUT2D eigenvalue weighted by Crippen LogP contribution is -2.37. The van der Waals surface area contributed by atoms with Crippen molar-refractivity contribution in [2.75, 3.05) is 26.7 Å². The van der Waals surface area contributed by atoms with Crippen LogP contribution in [0.25, 0.3) is 0 Å². The molecule has 0 unspecified atom stereocenters. The Balaban J connectivity index is 2.46. The Hall–Kier alpha value is -1.10. The van der Waals surface area contributed by atoms with Gasteiger partial charge in [0.05, 0.1) is 13.1 Å². The van der Waals surface area contributed by atoms with Crippen molar-refractivity contribution in [3.05, 3.63) is 0 Å². The highest BCUT2D eigenvalue weighted by Gasteiger charge is 2.27. The summed E-state index contributed by atoms with van der Waals surface area (Å²) in [5.41, 5.74) is 0. The molecule has 0 aromatic carbocycles. The molecule has 62 valence electrons. The fraction of sp³-hybridized carbons (Fsp3) is 0.667. The van der Waals surface area contributed by atoms with E-state index in [9.17, 15) is 9.59 Å². The number of rotatable bonds is 2. The maximum atomic E-state index is 11.0. The molecule has 0 aliphatic carbocycles.